The van der Waals surface area contributed by atoms with Crippen molar-refractivity contribution in [2.24, 2.45) is 5.10 Å². The van der Waals surface area contributed by atoms with Crippen LogP contribution in [0.25, 0.3) is 0 Å². The topological polar surface area (TPSA) is 131 Å². The lowest BCUT2D eigenvalue weighted by Crippen LogP contribution is -2.29. The van der Waals surface area contributed by atoms with E-state index in [-0.39, 0.29) is 17.0 Å². The molecule has 0 radical (unpaired) electrons. The molecule has 0 atom stereocenters. The molecule has 0 saturated carbocycles. The molecule has 0 aliphatic carbocycles. The molecule has 0 bridgehead atoms. The lowest BCUT2D eigenvalue weighted by Gasteiger charge is -2.09. The summed E-state index contributed by atoms with van der Waals surface area (Å²) < 4.78 is 36.9. The zero-order chi connectivity index (χ0) is 21.1. The number of carbonyl (C=O) groups is 2. The molecule has 0 aromatic heterocycles. The molecule has 8 nitrogen and oxygen atoms in total. The first-order valence-corrected chi connectivity index (χ1v) is 7.57. The SMILES string of the molecule is CC(=NNC(=O)c1cc(O)c(O)c(O)c1)c1cccc(NC(=O)C(F)(F)F)c1. The van der Waals surface area contributed by atoms with E-state index >= 15 is 0 Å². The van der Waals surface area contributed by atoms with Crippen molar-refractivity contribution in [2.75, 3.05) is 5.32 Å². The van der Waals surface area contributed by atoms with Gasteiger partial charge >= 0.3 is 12.1 Å². The average Bonchev–Trinajstić information content (AvgIpc) is 2.62. The zero-order valence-electron chi connectivity index (χ0n) is 14.2. The summed E-state index contributed by atoms with van der Waals surface area (Å²) in [7, 11) is 0. The number of hydrogen-bond acceptors (Lipinski definition) is 6. The maximum atomic E-state index is 12.3. The minimum absolute atomic E-state index is 0.117. The van der Waals surface area contributed by atoms with Crippen LogP contribution in [0.2, 0.25) is 0 Å². The van der Waals surface area contributed by atoms with Gasteiger partial charge in [0.05, 0.1) is 5.71 Å². The van der Waals surface area contributed by atoms with Crippen molar-refractivity contribution in [3.05, 3.63) is 47.5 Å². The summed E-state index contributed by atoms with van der Waals surface area (Å²) >= 11 is 0. The van der Waals surface area contributed by atoms with Crippen molar-refractivity contribution >= 4 is 23.2 Å². The van der Waals surface area contributed by atoms with Gasteiger partial charge in [-0.25, -0.2) is 5.43 Å². The lowest BCUT2D eigenvalue weighted by atomic mass is 10.1. The molecule has 0 aliphatic heterocycles. The monoisotopic (exact) mass is 397 g/mol. The molecule has 28 heavy (non-hydrogen) atoms. The van der Waals surface area contributed by atoms with Crippen LogP contribution in [0.15, 0.2) is 41.5 Å². The van der Waals surface area contributed by atoms with Gasteiger partial charge < -0.3 is 20.6 Å². The van der Waals surface area contributed by atoms with E-state index in [9.17, 15) is 38.1 Å². The van der Waals surface area contributed by atoms with Crippen molar-refractivity contribution in [2.45, 2.75) is 13.1 Å². The second-order valence-corrected chi connectivity index (χ2v) is 5.53. The number of rotatable bonds is 4. The molecule has 0 fully saturated rings. The maximum Gasteiger partial charge on any atom is 0.471 e. The Kier molecular flexibility index (Phi) is 5.77. The van der Waals surface area contributed by atoms with Gasteiger partial charge in [0.25, 0.3) is 5.91 Å². The molecule has 0 spiro atoms. The quantitative estimate of drug-likeness (QED) is 0.307. The molecular weight excluding hydrogens is 383 g/mol. The highest BCUT2D eigenvalue weighted by molar-refractivity contribution is 6.02. The molecule has 5 N–H and O–H groups in total. The molecule has 0 aliphatic rings. The summed E-state index contributed by atoms with van der Waals surface area (Å²) in [5.41, 5.74) is 2.33. The first kappa shape index (κ1) is 20.6. The van der Waals surface area contributed by atoms with Gasteiger partial charge in [0.15, 0.2) is 17.2 Å². The number of hydrogen-bond donors (Lipinski definition) is 5. The van der Waals surface area contributed by atoms with Crippen LogP contribution in [-0.2, 0) is 4.79 Å². The van der Waals surface area contributed by atoms with Crippen LogP contribution in [0, 0.1) is 0 Å². The summed E-state index contributed by atoms with van der Waals surface area (Å²) in [6.07, 6.45) is -5.03. The summed E-state index contributed by atoms with van der Waals surface area (Å²) in [5, 5.41) is 33.5. The van der Waals surface area contributed by atoms with Gasteiger partial charge in [-0.1, -0.05) is 12.1 Å². The fraction of sp³-hybridized carbons (Fsp3) is 0.118. The van der Waals surface area contributed by atoms with Crippen molar-refractivity contribution in [3.8, 4) is 17.2 Å². The number of aromatic hydroxyl groups is 3. The summed E-state index contributed by atoms with van der Waals surface area (Å²) in [6, 6.07) is 7.17. The number of hydrazone groups is 1. The number of halogens is 3. The minimum Gasteiger partial charge on any atom is -0.504 e. The van der Waals surface area contributed by atoms with E-state index < -0.39 is 35.2 Å². The molecule has 2 rings (SSSR count). The average molecular weight is 397 g/mol. The van der Waals surface area contributed by atoms with Gasteiger partial charge in [-0.15, -0.1) is 0 Å². The summed E-state index contributed by atoms with van der Waals surface area (Å²) in [6.45, 7) is 1.46. The van der Waals surface area contributed by atoms with Gasteiger partial charge in [0.1, 0.15) is 0 Å². The number of benzene rings is 2. The highest BCUT2D eigenvalue weighted by atomic mass is 19.4. The second kappa shape index (κ2) is 7.86. The molecule has 2 aromatic carbocycles. The van der Waals surface area contributed by atoms with E-state index in [1.165, 1.54) is 31.2 Å². The Morgan fingerprint density at radius 2 is 1.61 bits per heavy atom. The van der Waals surface area contributed by atoms with E-state index in [1.54, 1.807) is 5.32 Å². The Bertz CT molecular complexity index is 934. The maximum absolute atomic E-state index is 12.3. The van der Waals surface area contributed by atoms with Crippen LogP contribution in [0.3, 0.4) is 0 Å². The first-order valence-electron chi connectivity index (χ1n) is 7.57. The van der Waals surface area contributed by atoms with E-state index in [4.69, 9.17) is 0 Å². The van der Waals surface area contributed by atoms with Gasteiger partial charge in [0, 0.05) is 11.3 Å². The van der Waals surface area contributed by atoms with Gasteiger partial charge in [-0.3, -0.25) is 9.59 Å². The number of carbonyl (C=O) groups excluding carboxylic acids is 2. The third-order valence-corrected chi connectivity index (χ3v) is 3.45. The van der Waals surface area contributed by atoms with Crippen molar-refractivity contribution in [1.82, 2.24) is 5.43 Å². The fourth-order valence-corrected chi connectivity index (χ4v) is 2.02. The van der Waals surface area contributed by atoms with Crippen molar-refractivity contribution in [1.29, 1.82) is 0 Å². The Balaban J connectivity index is 2.14. The molecule has 148 valence electrons. The molecular formula is C17H14F3N3O5. The molecule has 0 heterocycles. The zero-order valence-corrected chi connectivity index (χ0v) is 14.2. The van der Waals surface area contributed by atoms with Crippen molar-refractivity contribution in [3.63, 3.8) is 0 Å². The van der Waals surface area contributed by atoms with E-state index in [2.05, 4.69) is 10.5 Å². The second-order valence-electron chi connectivity index (χ2n) is 5.53. The predicted molar refractivity (Wildman–Crippen MR) is 92.2 cm³/mol. The van der Waals surface area contributed by atoms with Crippen LogP contribution >= 0.6 is 0 Å². The Hall–Kier alpha value is -3.76. The van der Waals surface area contributed by atoms with E-state index in [0.29, 0.717) is 5.56 Å². The number of nitrogens with zero attached hydrogens (tertiary/aromatic N) is 1. The Labute approximate surface area is 155 Å². The highest BCUT2D eigenvalue weighted by Gasteiger charge is 2.38. The van der Waals surface area contributed by atoms with Crippen LogP contribution in [-0.4, -0.2) is 39.0 Å². The summed E-state index contributed by atoms with van der Waals surface area (Å²) in [5.74, 6) is -5.15. The van der Waals surface area contributed by atoms with Crippen LogP contribution < -0.4 is 10.7 Å². The van der Waals surface area contributed by atoms with E-state index in [0.717, 1.165) is 12.1 Å². The van der Waals surface area contributed by atoms with E-state index in [1.807, 2.05) is 0 Å². The lowest BCUT2D eigenvalue weighted by molar-refractivity contribution is -0.167. The number of anilines is 1. The third kappa shape index (κ3) is 4.90. The molecule has 2 aromatic rings. The number of phenols is 3. The van der Waals surface area contributed by atoms with Crippen LogP contribution in [0.4, 0.5) is 18.9 Å². The smallest absolute Gasteiger partial charge is 0.471 e. The Morgan fingerprint density at radius 1 is 1.00 bits per heavy atom. The molecule has 0 saturated heterocycles. The minimum atomic E-state index is -5.03. The standard InChI is InChI=1S/C17H14F3N3O5/c1-8(9-3-2-4-11(5-9)21-16(28)17(18,19)20)22-23-15(27)10-6-12(24)14(26)13(25)7-10/h2-7,24-26H,1H3,(H,21,28)(H,23,27). The van der Waals surface area contributed by atoms with Gasteiger partial charge in [-0.05, 0) is 36.8 Å². The largest absolute Gasteiger partial charge is 0.504 e. The molecule has 0 unspecified atom stereocenters. The fourth-order valence-electron chi connectivity index (χ4n) is 2.02. The van der Waals surface area contributed by atoms with Crippen LogP contribution in [0.5, 0.6) is 17.2 Å². The number of phenolic OH excluding ortho intramolecular Hbond substituents is 3. The third-order valence-electron chi connectivity index (χ3n) is 3.45. The van der Waals surface area contributed by atoms with Gasteiger partial charge in [0.2, 0.25) is 0 Å². The number of alkyl halides is 3. The molecule has 2 amide bonds. The first-order chi connectivity index (χ1) is 13.0. The highest BCUT2D eigenvalue weighted by Crippen LogP contribution is 2.35. The Morgan fingerprint density at radius 3 is 2.18 bits per heavy atom. The molecule has 11 heteroatoms. The normalized spacial score (nSPS) is 11.8. The number of amides is 2. The van der Waals surface area contributed by atoms with Crippen LogP contribution in [0.1, 0.15) is 22.8 Å². The number of nitrogens with one attached hydrogen (secondary N) is 2. The van der Waals surface area contributed by atoms with Gasteiger partial charge in [-0.2, -0.15) is 18.3 Å². The predicted octanol–water partition coefficient (Wildman–Crippen LogP) is 2.46. The summed E-state index contributed by atoms with van der Waals surface area (Å²) in [4.78, 5) is 23.0. The van der Waals surface area contributed by atoms with Crippen molar-refractivity contribution < 1.29 is 38.1 Å².